The summed E-state index contributed by atoms with van der Waals surface area (Å²) in [4.78, 5) is 0. The summed E-state index contributed by atoms with van der Waals surface area (Å²) >= 11 is 0. The zero-order valence-electron chi connectivity index (χ0n) is 13.9. The molecule has 0 amide bonds. The first-order chi connectivity index (χ1) is 12.3. The Morgan fingerprint density at radius 1 is 0.720 bits per heavy atom. The Morgan fingerprint density at radius 2 is 1.48 bits per heavy atom. The number of anilines is 2. The van der Waals surface area contributed by atoms with Crippen molar-refractivity contribution in [3.63, 3.8) is 0 Å². The molecule has 0 atom stereocenters. The molecular weight excluding hydrogens is 306 g/mol. The standard InChI is InChI=1S/C23H17NO/c1-15-8-7-13-19-21-18-12-6-5-9-16(18)14-20(23(21)25-22(15)19)24-17-10-3-2-4-11-17/h2-14,24H,1H3. The zero-order valence-corrected chi connectivity index (χ0v) is 13.9. The summed E-state index contributed by atoms with van der Waals surface area (Å²) in [5.41, 5.74) is 5.08. The minimum Gasteiger partial charge on any atom is -0.454 e. The third-order valence-corrected chi connectivity index (χ3v) is 4.74. The van der Waals surface area contributed by atoms with Crippen LogP contribution in [0.3, 0.4) is 0 Å². The van der Waals surface area contributed by atoms with Gasteiger partial charge in [-0.25, -0.2) is 0 Å². The molecule has 0 unspecified atom stereocenters. The van der Waals surface area contributed by atoms with Gasteiger partial charge in [0.2, 0.25) is 0 Å². The molecule has 5 aromatic rings. The van der Waals surface area contributed by atoms with Crippen LogP contribution in [-0.4, -0.2) is 0 Å². The first kappa shape index (κ1) is 14.1. The number of furan rings is 1. The molecule has 1 heterocycles. The molecular formula is C23H17NO. The topological polar surface area (TPSA) is 25.2 Å². The Bertz CT molecular complexity index is 1220. The molecule has 0 radical (unpaired) electrons. The fourth-order valence-corrected chi connectivity index (χ4v) is 3.56. The van der Waals surface area contributed by atoms with Crippen LogP contribution in [0.1, 0.15) is 5.56 Å². The number of nitrogens with one attached hydrogen (secondary N) is 1. The van der Waals surface area contributed by atoms with Gasteiger partial charge in [-0.15, -0.1) is 0 Å². The van der Waals surface area contributed by atoms with Crippen molar-refractivity contribution in [3.8, 4) is 0 Å². The Labute approximate surface area is 145 Å². The summed E-state index contributed by atoms with van der Waals surface area (Å²) in [6, 6.07) is 27.2. The molecule has 0 aliphatic rings. The van der Waals surface area contributed by atoms with Crippen LogP contribution >= 0.6 is 0 Å². The summed E-state index contributed by atoms with van der Waals surface area (Å²) in [6.07, 6.45) is 0. The van der Waals surface area contributed by atoms with E-state index in [1.165, 1.54) is 21.5 Å². The van der Waals surface area contributed by atoms with Gasteiger partial charge in [-0.2, -0.15) is 0 Å². The van der Waals surface area contributed by atoms with Gasteiger partial charge in [0.05, 0.1) is 5.69 Å². The molecule has 120 valence electrons. The largest absolute Gasteiger partial charge is 0.454 e. The minimum absolute atomic E-state index is 0.909. The molecule has 4 aromatic carbocycles. The molecule has 0 bridgehead atoms. The second-order valence-corrected chi connectivity index (χ2v) is 6.39. The third-order valence-electron chi connectivity index (χ3n) is 4.74. The Kier molecular flexibility index (Phi) is 3.04. The number of para-hydroxylation sites is 2. The smallest absolute Gasteiger partial charge is 0.159 e. The van der Waals surface area contributed by atoms with E-state index >= 15 is 0 Å². The highest BCUT2D eigenvalue weighted by Gasteiger charge is 2.16. The van der Waals surface area contributed by atoms with Gasteiger partial charge < -0.3 is 9.73 Å². The van der Waals surface area contributed by atoms with Gasteiger partial charge in [0.15, 0.2) is 5.58 Å². The van der Waals surface area contributed by atoms with E-state index in [4.69, 9.17) is 4.42 Å². The SMILES string of the molecule is Cc1cccc2c1oc1c(Nc3ccccc3)cc3ccccc3c12. The van der Waals surface area contributed by atoms with E-state index in [1.807, 2.05) is 18.2 Å². The number of fused-ring (bicyclic) bond motifs is 5. The molecule has 0 aliphatic carbocycles. The van der Waals surface area contributed by atoms with Gasteiger partial charge in [0.25, 0.3) is 0 Å². The molecule has 2 nitrogen and oxygen atoms in total. The number of rotatable bonds is 2. The Hall–Kier alpha value is -3.26. The Balaban J connectivity index is 1.90. The van der Waals surface area contributed by atoms with E-state index in [0.29, 0.717) is 0 Å². The van der Waals surface area contributed by atoms with Crippen molar-refractivity contribution in [1.29, 1.82) is 0 Å². The van der Waals surface area contributed by atoms with Gasteiger partial charge >= 0.3 is 0 Å². The van der Waals surface area contributed by atoms with Crippen molar-refractivity contribution in [2.24, 2.45) is 0 Å². The van der Waals surface area contributed by atoms with Gasteiger partial charge in [0.1, 0.15) is 5.58 Å². The maximum Gasteiger partial charge on any atom is 0.159 e. The second kappa shape index (κ2) is 5.38. The van der Waals surface area contributed by atoms with Crippen LogP contribution in [0, 0.1) is 6.92 Å². The maximum absolute atomic E-state index is 6.33. The summed E-state index contributed by atoms with van der Waals surface area (Å²) in [5, 5.41) is 8.30. The lowest BCUT2D eigenvalue weighted by Crippen LogP contribution is -1.90. The highest BCUT2D eigenvalue weighted by molar-refractivity contribution is 6.22. The van der Waals surface area contributed by atoms with E-state index in [2.05, 4.69) is 72.9 Å². The normalized spacial score (nSPS) is 11.4. The predicted molar refractivity (Wildman–Crippen MR) is 106 cm³/mol. The maximum atomic E-state index is 6.33. The summed E-state index contributed by atoms with van der Waals surface area (Å²) in [7, 11) is 0. The van der Waals surface area contributed by atoms with Crippen molar-refractivity contribution in [3.05, 3.63) is 84.4 Å². The first-order valence-electron chi connectivity index (χ1n) is 8.47. The van der Waals surface area contributed by atoms with Crippen molar-refractivity contribution in [2.45, 2.75) is 6.92 Å². The lowest BCUT2D eigenvalue weighted by Gasteiger charge is -2.09. The monoisotopic (exact) mass is 323 g/mol. The summed E-state index contributed by atoms with van der Waals surface area (Å²) in [5.74, 6) is 0. The van der Waals surface area contributed by atoms with Gasteiger partial charge in [-0.05, 0) is 41.5 Å². The first-order valence-corrected chi connectivity index (χ1v) is 8.47. The van der Waals surface area contributed by atoms with Gasteiger partial charge in [-0.1, -0.05) is 60.7 Å². The van der Waals surface area contributed by atoms with Crippen molar-refractivity contribution >= 4 is 44.1 Å². The number of aryl methyl sites for hydroxylation is 1. The van der Waals surface area contributed by atoms with E-state index in [1.54, 1.807) is 0 Å². The van der Waals surface area contributed by atoms with Crippen molar-refractivity contribution < 1.29 is 4.42 Å². The molecule has 0 saturated carbocycles. The van der Waals surface area contributed by atoms with E-state index in [9.17, 15) is 0 Å². The minimum atomic E-state index is 0.909. The third kappa shape index (κ3) is 2.18. The van der Waals surface area contributed by atoms with E-state index in [-0.39, 0.29) is 0 Å². The number of benzene rings is 4. The molecule has 1 N–H and O–H groups in total. The summed E-state index contributed by atoms with van der Waals surface area (Å²) in [6.45, 7) is 2.09. The van der Waals surface area contributed by atoms with Crippen LogP contribution in [0.2, 0.25) is 0 Å². The molecule has 0 spiro atoms. The molecule has 1 aromatic heterocycles. The molecule has 25 heavy (non-hydrogen) atoms. The van der Waals surface area contributed by atoms with Crippen LogP contribution in [-0.2, 0) is 0 Å². The van der Waals surface area contributed by atoms with E-state index < -0.39 is 0 Å². The van der Waals surface area contributed by atoms with Crippen molar-refractivity contribution in [2.75, 3.05) is 5.32 Å². The molecule has 0 saturated heterocycles. The predicted octanol–water partition coefficient (Wildman–Crippen LogP) is 6.79. The molecule has 2 heteroatoms. The van der Waals surface area contributed by atoms with Crippen molar-refractivity contribution in [1.82, 2.24) is 0 Å². The van der Waals surface area contributed by atoms with Gasteiger partial charge in [-0.3, -0.25) is 0 Å². The van der Waals surface area contributed by atoms with Crippen LogP contribution < -0.4 is 5.32 Å². The highest BCUT2D eigenvalue weighted by atomic mass is 16.3. The average Bonchev–Trinajstić information content (AvgIpc) is 3.04. The van der Waals surface area contributed by atoms with Crippen LogP contribution in [0.15, 0.2) is 83.3 Å². The fraction of sp³-hybridized carbons (Fsp3) is 0.0435. The second-order valence-electron chi connectivity index (χ2n) is 6.39. The average molecular weight is 323 g/mol. The molecule has 0 fully saturated rings. The van der Waals surface area contributed by atoms with E-state index in [0.717, 1.165) is 28.1 Å². The number of hydrogen-bond donors (Lipinski definition) is 1. The molecule has 0 aliphatic heterocycles. The molecule has 5 rings (SSSR count). The fourth-order valence-electron chi connectivity index (χ4n) is 3.56. The number of hydrogen-bond acceptors (Lipinski definition) is 2. The zero-order chi connectivity index (χ0) is 16.8. The highest BCUT2D eigenvalue weighted by Crippen LogP contribution is 2.40. The lowest BCUT2D eigenvalue weighted by atomic mass is 10.0. The van der Waals surface area contributed by atoms with Crippen LogP contribution in [0.25, 0.3) is 32.7 Å². The summed E-state index contributed by atoms with van der Waals surface area (Å²) < 4.78 is 6.33. The lowest BCUT2D eigenvalue weighted by molar-refractivity contribution is 0.667. The Morgan fingerprint density at radius 3 is 2.36 bits per heavy atom. The quantitative estimate of drug-likeness (QED) is 0.387. The van der Waals surface area contributed by atoms with Gasteiger partial charge in [0, 0.05) is 16.5 Å². The van der Waals surface area contributed by atoms with Crippen LogP contribution in [0.4, 0.5) is 11.4 Å². The van der Waals surface area contributed by atoms with Crippen LogP contribution in [0.5, 0.6) is 0 Å².